The summed E-state index contributed by atoms with van der Waals surface area (Å²) in [6.45, 7) is 4.46. The maximum absolute atomic E-state index is 6.26. The van der Waals surface area contributed by atoms with Crippen molar-refractivity contribution >= 4 is 11.0 Å². The van der Waals surface area contributed by atoms with E-state index in [0.29, 0.717) is 6.61 Å². The van der Waals surface area contributed by atoms with Crippen LogP contribution in [0.5, 0.6) is 5.75 Å². The highest BCUT2D eigenvalue weighted by molar-refractivity contribution is 5.92. The van der Waals surface area contributed by atoms with E-state index in [2.05, 4.69) is 39.0 Å². The van der Waals surface area contributed by atoms with Crippen LogP contribution in [0, 0.1) is 13.8 Å². The number of aromatic nitrogens is 3. The van der Waals surface area contributed by atoms with Gasteiger partial charge in [0, 0.05) is 5.56 Å². The fraction of sp³-hybridized carbons (Fsp3) is 0.200. The normalized spacial score (nSPS) is 16.2. The van der Waals surface area contributed by atoms with Gasteiger partial charge in [-0.25, -0.2) is 4.98 Å². The van der Waals surface area contributed by atoms with Crippen LogP contribution in [0.4, 0.5) is 0 Å². The van der Waals surface area contributed by atoms with E-state index in [4.69, 9.17) is 9.26 Å². The Morgan fingerprint density at radius 2 is 1.92 bits per heavy atom. The molecule has 2 aromatic heterocycles. The molecule has 0 fully saturated rings. The highest BCUT2D eigenvalue weighted by Gasteiger charge is 2.28. The second-order valence-electron chi connectivity index (χ2n) is 6.40. The van der Waals surface area contributed by atoms with Crippen LogP contribution >= 0.6 is 0 Å². The van der Waals surface area contributed by atoms with Gasteiger partial charge in [0.25, 0.3) is 0 Å². The Bertz CT molecular complexity index is 1060. The number of aryl methyl sites for hydroxylation is 2. The van der Waals surface area contributed by atoms with Crippen molar-refractivity contribution in [3.05, 3.63) is 65.8 Å². The first kappa shape index (κ1) is 14.3. The first-order valence-electron chi connectivity index (χ1n) is 8.34. The molecule has 5 heteroatoms. The predicted octanol–water partition coefficient (Wildman–Crippen LogP) is 4.29. The number of benzene rings is 2. The summed E-state index contributed by atoms with van der Waals surface area (Å²) in [6, 6.07) is 14.6. The molecule has 0 saturated carbocycles. The van der Waals surface area contributed by atoms with Gasteiger partial charge in [-0.2, -0.15) is 0 Å². The summed E-state index contributed by atoms with van der Waals surface area (Å²) < 4.78 is 13.8. The number of ether oxygens (including phenoxy) is 1. The third-order valence-corrected chi connectivity index (χ3v) is 4.90. The Labute approximate surface area is 144 Å². The predicted molar refractivity (Wildman–Crippen MR) is 94.8 cm³/mol. The average Bonchev–Trinajstić information content (AvgIpc) is 3.22. The standard InChI is InChI=1S/C20H17N3O2/c1-12-18(13(2)25-22-12)15-8-9-16-19-20(15)24-10-17(23(19)11-21-16)14-6-4-3-5-7-14/h3-9,11,17H,10H2,1-2H3. The molecule has 0 N–H and O–H groups in total. The summed E-state index contributed by atoms with van der Waals surface area (Å²) >= 11 is 0. The lowest BCUT2D eigenvalue weighted by Gasteiger charge is -2.27. The number of hydrogen-bond donors (Lipinski definition) is 0. The summed E-state index contributed by atoms with van der Waals surface area (Å²) in [5, 5.41) is 4.09. The minimum Gasteiger partial charge on any atom is -0.488 e. The first-order chi connectivity index (χ1) is 12.2. The third kappa shape index (κ3) is 2.02. The van der Waals surface area contributed by atoms with E-state index in [9.17, 15) is 0 Å². The van der Waals surface area contributed by atoms with E-state index in [1.165, 1.54) is 5.56 Å². The van der Waals surface area contributed by atoms with Gasteiger partial charge in [-0.15, -0.1) is 0 Å². The van der Waals surface area contributed by atoms with E-state index < -0.39 is 0 Å². The van der Waals surface area contributed by atoms with Crippen molar-refractivity contribution in [3.63, 3.8) is 0 Å². The van der Waals surface area contributed by atoms with E-state index in [1.54, 1.807) is 0 Å². The number of imidazole rings is 1. The minimum atomic E-state index is 0.124. The van der Waals surface area contributed by atoms with E-state index >= 15 is 0 Å². The molecule has 5 rings (SSSR count). The van der Waals surface area contributed by atoms with Gasteiger partial charge in [0.2, 0.25) is 0 Å². The maximum Gasteiger partial charge on any atom is 0.153 e. The topological polar surface area (TPSA) is 53.1 Å². The molecule has 3 heterocycles. The lowest BCUT2D eigenvalue weighted by Crippen LogP contribution is -2.22. The van der Waals surface area contributed by atoms with Gasteiger partial charge >= 0.3 is 0 Å². The summed E-state index contributed by atoms with van der Waals surface area (Å²) in [6.07, 6.45) is 1.91. The van der Waals surface area contributed by atoms with Crippen molar-refractivity contribution in [2.75, 3.05) is 6.61 Å². The second-order valence-corrected chi connectivity index (χ2v) is 6.40. The Morgan fingerprint density at radius 3 is 2.68 bits per heavy atom. The molecule has 0 spiro atoms. The molecule has 1 aliphatic heterocycles. The van der Waals surface area contributed by atoms with Crippen LogP contribution < -0.4 is 4.74 Å². The largest absolute Gasteiger partial charge is 0.488 e. The number of rotatable bonds is 2. The van der Waals surface area contributed by atoms with Crippen molar-refractivity contribution in [1.82, 2.24) is 14.7 Å². The minimum absolute atomic E-state index is 0.124. The van der Waals surface area contributed by atoms with Crippen LogP contribution in [-0.4, -0.2) is 21.3 Å². The van der Waals surface area contributed by atoms with Crippen LogP contribution in [-0.2, 0) is 0 Å². The zero-order chi connectivity index (χ0) is 17.0. The van der Waals surface area contributed by atoms with Gasteiger partial charge in [-0.1, -0.05) is 35.5 Å². The SMILES string of the molecule is Cc1noc(C)c1-c1ccc2ncn3c2c1OCC3c1ccccc1. The molecule has 2 aromatic carbocycles. The molecule has 124 valence electrons. The molecule has 0 radical (unpaired) electrons. The van der Waals surface area contributed by atoms with Crippen LogP contribution in [0.2, 0.25) is 0 Å². The Hall–Kier alpha value is -3.08. The monoisotopic (exact) mass is 331 g/mol. The van der Waals surface area contributed by atoms with E-state index in [1.807, 2.05) is 38.4 Å². The molecule has 0 saturated heterocycles. The first-order valence-corrected chi connectivity index (χ1v) is 8.34. The van der Waals surface area contributed by atoms with Crippen molar-refractivity contribution in [2.45, 2.75) is 19.9 Å². The smallest absolute Gasteiger partial charge is 0.153 e. The van der Waals surface area contributed by atoms with Gasteiger partial charge in [0.1, 0.15) is 17.9 Å². The zero-order valence-electron chi connectivity index (χ0n) is 14.1. The molecule has 1 aliphatic rings. The van der Waals surface area contributed by atoms with Crippen molar-refractivity contribution < 1.29 is 9.26 Å². The molecular formula is C20H17N3O2. The van der Waals surface area contributed by atoms with E-state index in [0.717, 1.165) is 39.4 Å². The van der Waals surface area contributed by atoms with Crippen LogP contribution in [0.25, 0.3) is 22.2 Å². The van der Waals surface area contributed by atoms with Gasteiger partial charge in [-0.05, 0) is 31.5 Å². The van der Waals surface area contributed by atoms with E-state index in [-0.39, 0.29) is 6.04 Å². The van der Waals surface area contributed by atoms with Crippen molar-refractivity contribution in [2.24, 2.45) is 0 Å². The fourth-order valence-corrected chi connectivity index (χ4v) is 3.72. The molecular weight excluding hydrogens is 314 g/mol. The molecule has 1 atom stereocenters. The summed E-state index contributed by atoms with van der Waals surface area (Å²) in [7, 11) is 0. The quantitative estimate of drug-likeness (QED) is 0.550. The summed E-state index contributed by atoms with van der Waals surface area (Å²) in [4.78, 5) is 4.58. The molecule has 4 aromatic rings. The number of nitrogens with zero attached hydrogens (tertiary/aromatic N) is 3. The fourth-order valence-electron chi connectivity index (χ4n) is 3.72. The highest BCUT2D eigenvalue weighted by atomic mass is 16.5. The van der Waals surface area contributed by atoms with Crippen LogP contribution in [0.3, 0.4) is 0 Å². The van der Waals surface area contributed by atoms with Gasteiger partial charge < -0.3 is 13.8 Å². The Morgan fingerprint density at radius 1 is 1.08 bits per heavy atom. The number of hydrogen-bond acceptors (Lipinski definition) is 4. The molecule has 0 amide bonds. The van der Waals surface area contributed by atoms with Gasteiger partial charge in [-0.3, -0.25) is 0 Å². The van der Waals surface area contributed by atoms with Crippen molar-refractivity contribution in [1.29, 1.82) is 0 Å². The van der Waals surface area contributed by atoms with Gasteiger partial charge in [0.15, 0.2) is 5.75 Å². The third-order valence-electron chi connectivity index (χ3n) is 4.90. The highest BCUT2D eigenvalue weighted by Crippen LogP contribution is 2.43. The molecule has 0 bridgehead atoms. The van der Waals surface area contributed by atoms with Crippen LogP contribution in [0.1, 0.15) is 23.1 Å². The van der Waals surface area contributed by atoms with Gasteiger partial charge in [0.05, 0.1) is 29.1 Å². The van der Waals surface area contributed by atoms with Crippen molar-refractivity contribution in [3.8, 4) is 16.9 Å². The summed E-state index contributed by atoms with van der Waals surface area (Å²) in [5.74, 6) is 1.66. The molecule has 25 heavy (non-hydrogen) atoms. The Kier molecular flexibility index (Phi) is 2.98. The average molecular weight is 331 g/mol. The van der Waals surface area contributed by atoms with Crippen LogP contribution in [0.15, 0.2) is 53.3 Å². The molecule has 5 nitrogen and oxygen atoms in total. The Balaban J connectivity index is 1.75. The second kappa shape index (κ2) is 5.21. The molecule has 0 aliphatic carbocycles. The lowest BCUT2D eigenvalue weighted by molar-refractivity contribution is 0.260. The molecule has 1 unspecified atom stereocenters. The summed E-state index contributed by atoms with van der Waals surface area (Å²) in [5.41, 5.74) is 6.06. The lowest BCUT2D eigenvalue weighted by atomic mass is 10.00. The maximum atomic E-state index is 6.26. The zero-order valence-corrected chi connectivity index (χ0v) is 14.1.